The Hall–Kier alpha value is -1.06. The van der Waals surface area contributed by atoms with Crippen LogP contribution in [0.2, 0.25) is 0 Å². The second-order valence-electron chi connectivity index (χ2n) is 6.15. The molecule has 1 aromatic carbocycles. The largest absolute Gasteiger partial charge is 0.368 e. The Balaban J connectivity index is 1.69. The maximum absolute atomic E-state index is 3.54. The van der Waals surface area contributed by atoms with Crippen molar-refractivity contribution in [2.75, 3.05) is 44.2 Å². The molecule has 3 rings (SSSR count). The van der Waals surface area contributed by atoms with Crippen molar-refractivity contribution < 1.29 is 0 Å². The van der Waals surface area contributed by atoms with Gasteiger partial charge in [0.05, 0.1) is 0 Å². The van der Waals surface area contributed by atoms with E-state index in [9.17, 15) is 0 Å². The maximum atomic E-state index is 3.54. The van der Waals surface area contributed by atoms with Gasteiger partial charge >= 0.3 is 0 Å². The lowest BCUT2D eigenvalue weighted by molar-refractivity contribution is 0.233. The molecule has 20 heavy (non-hydrogen) atoms. The lowest BCUT2D eigenvalue weighted by atomic mass is 10.1. The van der Waals surface area contributed by atoms with Gasteiger partial charge < -0.3 is 15.1 Å². The highest BCUT2D eigenvalue weighted by molar-refractivity contribution is 5.60. The molecule has 0 unspecified atom stereocenters. The number of nitrogens with zero attached hydrogens (tertiary/aromatic N) is 2. The van der Waals surface area contributed by atoms with Gasteiger partial charge in [-0.1, -0.05) is 24.6 Å². The van der Waals surface area contributed by atoms with Gasteiger partial charge in [0, 0.05) is 38.4 Å². The zero-order chi connectivity index (χ0) is 13.8. The number of rotatable bonds is 3. The van der Waals surface area contributed by atoms with Gasteiger partial charge in [-0.05, 0) is 44.0 Å². The summed E-state index contributed by atoms with van der Waals surface area (Å²) in [5.41, 5.74) is 4.36. The fraction of sp³-hybridized carbons (Fsp3) is 0.647. The molecule has 2 aliphatic rings. The minimum Gasteiger partial charge on any atom is -0.368 e. The van der Waals surface area contributed by atoms with Crippen LogP contribution in [0.15, 0.2) is 18.2 Å². The number of para-hydroxylation sites is 1. The van der Waals surface area contributed by atoms with Crippen LogP contribution in [0.4, 0.5) is 5.69 Å². The summed E-state index contributed by atoms with van der Waals surface area (Å²) in [5, 5.41) is 3.54. The third-order valence-corrected chi connectivity index (χ3v) is 4.65. The molecular weight excluding hydrogens is 246 g/mol. The number of anilines is 1. The standard InChI is InChI=1S/C17H27N3/c1-15-6-5-7-16-14-18-8-11-20(17(15)16)13-12-19-9-3-2-4-10-19/h5-7,18H,2-4,8-14H2,1H3. The third kappa shape index (κ3) is 3.15. The van der Waals surface area contributed by atoms with Gasteiger partial charge in [-0.2, -0.15) is 0 Å². The third-order valence-electron chi connectivity index (χ3n) is 4.65. The summed E-state index contributed by atoms with van der Waals surface area (Å²) in [6.07, 6.45) is 4.19. The topological polar surface area (TPSA) is 18.5 Å². The quantitative estimate of drug-likeness (QED) is 0.912. The summed E-state index contributed by atoms with van der Waals surface area (Å²) >= 11 is 0. The first-order chi connectivity index (χ1) is 9.84. The molecular formula is C17H27N3. The van der Waals surface area contributed by atoms with Gasteiger partial charge in [0.2, 0.25) is 0 Å². The second-order valence-corrected chi connectivity index (χ2v) is 6.15. The molecule has 0 radical (unpaired) electrons. The Kier molecular flexibility index (Phi) is 4.58. The van der Waals surface area contributed by atoms with E-state index in [-0.39, 0.29) is 0 Å². The smallest absolute Gasteiger partial charge is 0.0442 e. The van der Waals surface area contributed by atoms with Gasteiger partial charge in [-0.15, -0.1) is 0 Å². The molecule has 0 atom stereocenters. The first kappa shape index (κ1) is 13.9. The Morgan fingerprint density at radius 2 is 1.90 bits per heavy atom. The van der Waals surface area contributed by atoms with Crippen molar-refractivity contribution in [2.45, 2.75) is 32.7 Å². The molecule has 0 amide bonds. The van der Waals surface area contributed by atoms with Gasteiger partial charge in [-0.3, -0.25) is 0 Å². The number of fused-ring (bicyclic) bond motifs is 1. The van der Waals surface area contributed by atoms with Gasteiger partial charge in [0.1, 0.15) is 0 Å². The van der Waals surface area contributed by atoms with Gasteiger partial charge in [0.15, 0.2) is 0 Å². The SMILES string of the molecule is Cc1cccc2c1N(CCN1CCCCC1)CCNC2. The number of likely N-dealkylation sites (tertiary alicyclic amines) is 1. The summed E-state index contributed by atoms with van der Waals surface area (Å²) in [6, 6.07) is 6.70. The van der Waals surface area contributed by atoms with E-state index < -0.39 is 0 Å². The molecule has 0 aliphatic carbocycles. The summed E-state index contributed by atoms with van der Waals surface area (Å²) in [5.74, 6) is 0. The molecule has 0 aromatic heterocycles. The highest BCUT2D eigenvalue weighted by atomic mass is 15.2. The molecule has 1 N–H and O–H groups in total. The van der Waals surface area contributed by atoms with E-state index in [1.54, 1.807) is 0 Å². The molecule has 0 saturated carbocycles. The lowest BCUT2D eigenvalue weighted by Gasteiger charge is -2.31. The predicted molar refractivity (Wildman–Crippen MR) is 85.4 cm³/mol. The van der Waals surface area contributed by atoms with Crippen LogP contribution in [-0.4, -0.2) is 44.2 Å². The zero-order valence-electron chi connectivity index (χ0n) is 12.7. The van der Waals surface area contributed by atoms with Crippen LogP contribution in [0.25, 0.3) is 0 Å². The summed E-state index contributed by atoms with van der Waals surface area (Å²) in [7, 11) is 0. The van der Waals surface area contributed by atoms with Crippen molar-refractivity contribution in [1.82, 2.24) is 10.2 Å². The van der Waals surface area contributed by atoms with Crippen LogP contribution >= 0.6 is 0 Å². The Morgan fingerprint density at radius 3 is 2.75 bits per heavy atom. The number of hydrogen-bond acceptors (Lipinski definition) is 3. The molecule has 2 heterocycles. The monoisotopic (exact) mass is 273 g/mol. The molecule has 1 aromatic rings. The first-order valence-corrected chi connectivity index (χ1v) is 8.11. The van der Waals surface area contributed by atoms with Crippen molar-refractivity contribution in [3.63, 3.8) is 0 Å². The van der Waals surface area contributed by atoms with E-state index >= 15 is 0 Å². The van der Waals surface area contributed by atoms with Crippen molar-refractivity contribution in [3.05, 3.63) is 29.3 Å². The van der Waals surface area contributed by atoms with Crippen molar-refractivity contribution >= 4 is 5.69 Å². The van der Waals surface area contributed by atoms with Crippen LogP contribution in [0.3, 0.4) is 0 Å². The van der Waals surface area contributed by atoms with Crippen LogP contribution in [0, 0.1) is 6.92 Å². The number of benzene rings is 1. The average Bonchev–Trinajstić information content (AvgIpc) is 2.69. The average molecular weight is 273 g/mol. The Morgan fingerprint density at radius 1 is 1.05 bits per heavy atom. The van der Waals surface area contributed by atoms with Crippen LogP contribution < -0.4 is 10.2 Å². The van der Waals surface area contributed by atoms with Crippen molar-refractivity contribution in [2.24, 2.45) is 0 Å². The zero-order valence-corrected chi connectivity index (χ0v) is 12.7. The molecule has 2 aliphatic heterocycles. The lowest BCUT2D eigenvalue weighted by Crippen LogP contribution is -2.39. The summed E-state index contributed by atoms with van der Waals surface area (Å²) < 4.78 is 0. The van der Waals surface area contributed by atoms with E-state index in [4.69, 9.17) is 0 Å². The van der Waals surface area contributed by atoms with Crippen LogP contribution in [-0.2, 0) is 6.54 Å². The first-order valence-electron chi connectivity index (χ1n) is 8.11. The highest BCUT2D eigenvalue weighted by Crippen LogP contribution is 2.26. The normalized spacial score (nSPS) is 20.6. The molecule has 0 spiro atoms. The van der Waals surface area contributed by atoms with E-state index in [1.807, 2.05) is 0 Å². The Labute approximate surface area is 123 Å². The number of aryl methyl sites for hydroxylation is 1. The second kappa shape index (κ2) is 6.59. The van der Waals surface area contributed by atoms with Crippen LogP contribution in [0.1, 0.15) is 30.4 Å². The van der Waals surface area contributed by atoms with Crippen molar-refractivity contribution in [3.8, 4) is 0 Å². The number of nitrogens with one attached hydrogen (secondary N) is 1. The predicted octanol–water partition coefficient (Wildman–Crippen LogP) is 2.39. The van der Waals surface area contributed by atoms with Gasteiger partial charge in [0.25, 0.3) is 0 Å². The summed E-state index contributed by atoms with van der Waals surface area (Å²) in [4.78, 5) is 5.24. The molecule has 1 fully saturated rings. The molecule has 0 bridgehead atoms. The Bertz CT molecular complexity index is 438. The van der Waals surface area contributed by atoms with E-state index in [0.29, 0.717) is 0 Å². The van der Waals surface area contributed by atoms with E-state index in [0.717, 1.165) is 19.6 Å². The molecule has 110 valence electrons. The minimum atomic E-state index is 1.01. The fourth-order valence-electron chi connectivity index (χ4n) is 3.53. The fourth-order valence-corrected chi connectivity index (χ4v) is 3.53. The number of piperidine rings is 1. The van der Waals surface area contributed by atoms with Crippen LogP contribution in [0.5, 0.6) is 0 Å². The molecule has 1 saturated heterocycles. The number of hydrogen-bond donors (Lipinski definition) is 1. The van der Waals surface area contributed by atoms with E-state index in [1.165, 1.54) is 62.3 Å². The van der Waals surface area contributed by atoms with Gasteiger partial charge in [-0.25, -0.2) is 0 Å². The molecule has 3 nitrogen and oxygen atoms in total. The molecule has 3 heteroatoms. The highest BCUT2D eigenvalue weighted by Gasteiger charge is 2.18. The maximum Gasteiger partial charge on any atom is 0.0442 e. The van der Waals surface area contributed by atoms with E-state index in [2.05, 4.69) is 40.2 Å². The summed E-state index contributed by atoms with van der Waals surface area (Å²) in [6.45, 7) is 10.5. The van der Waals surface area contributed by atoms with Crippen molar-refractivity contribution in [1.29, 1.82) is 0 Å². The minimum absolute atomic E-state index is 1.01.